The summed E-state index contributed by atoms with van der Waals surface area (Å²) in [7, 11) is -1.49. The van der Waals surface area contributed by atoms with Crippen LogP contribution in [0.3, 0.4) is 0 Å². The summed E-state index contributed by atoms with van der Waals surface area (Å²) in [6, 6.07) is 0.144. The van der Waals surface area contributed by atoms with Gasteiger partial charge in [0.1, 0.15) is 0 Å². The molecule has 2 aliphatic heterocycles. The fourth-order valence-corrected chi connectivity index (χ4v) is 9.73. The normalized spacial score (nSPS) is 40.3. The lowest BCUT2D eigenvalue weighted by Crippen LogP contribution is -2.68. The molecule has 7 atom stereocenters. The van der Waals surface area contributed by atoms with Gasteiger partial charge >= 0.3 is 0 Å². The van der Waals surface area contributed by atoms with Gasteiger partial charge in [0.2, 0.25) is 21.8 Å². The van der Waals surface area contributed by atoms with E-state index in [1.807, 2.05) is 4.90 Å². The highest BCUT2D eigenvalue weighted by atomic mass is 32.2. The molecule has 0 radical (unpaired) electrons. The van der Waals surface area contributed by atoms with Gasteiger partial charge in [-0.15, -0.1) is 0 Å². The molecule has 6 unspecified atom stereocenters. The maximum absolute atomic E-state index is 13.5. The number of fused-ring (bicyclic) bond motifs is 1. The average molecular weight is 510 g/mol. The molecule has 0 aromatic carbocycles. The van der Waals surface area contributed by atoms with Gasteiger partial charge < -0.3 is 14.5 Å². The lowest BCUT2D eigenvalue weighted by atomic mass is 9.68. The number of sulfonamides is 1. The van der Waals surface area contributed by atoms with Crippen LogP contribution in [0.15, 0.2) is 0 Å². The molecule has 198 valence electrons. The van der Waals surface area contributed by atoms with Crippen LogP contribution in [-0.2, 0) is 24.3 Å². The molecular weight excluding hydrogens is 466 g/mol. The third-order valence-electron chi connectivity index (χ3n) is 9.89. The number of methoxy groups -OCH3 is 1. The molecule has 3 saturated carbocycles. The molecule has 0 aromatic heterocycles. The minimum absolute atomic E-state index is 0.0455. The van der Waals surface area contributed by atoms with E-state index in [-0.39, 0.29) is 47.8 Å². The van der Waals surface area contributed by atoms with Crippen molar-refractivity contribution in [3.05, 3.63) is 0 Å². The predicted octanol–water partition coefficient (Wildman–Crippen LogP) is 2.62. The predicted molar refractivity (Wildman–Crippen MR) is 133 cm³/mol. The third-order valence-corrected chi connectivity index (χ3v) is 11.9. The average Bonchev–Trinajstić information content (AvgIpc) is 3.14. The minimum atomic E-state index is -3.20. The zero-order valence-corrected chi connectivity index (χ0v) is 22.4. The molecule has 0 spiro atoms. The fourth-order valence-electron chi connectivity index (χ4n) is 7.96. The van der Waals surface area contributed by atoms with Crippen LogP contribution in [0, 0.1) is 17.8 Å². The van der Waals surface area contributed by atoms with Crippen LogP contribution in [0.25, 0.3) is 0 Å². The van der Waals surface area contributed by atoms with E-state index in [1.165, 1.54) is 0 Å². The van der Waals surface area contributed by atoms with Gasteiger partial charge in [-0.05, 0) is 76.5 Å². The molecule has 0 bridgehead atoms. The molecule has 8 nitrogen and oxygen atoms in total. The lowest BCUT2D eigenvalue weighted by Gasteiger charge is -2.56. The molecule has 3 aliphatic carbocycles. The largest absolute Gasteiger partial charge is 0.380 e. The zero-order valence-electron chi connectivity index (χ0n) is 21.6. The van der Waals surface area contributed by atoms with Crippen LogP contribution in [0.1, 0.15) is 78.1 Å². The smallest absolute Gasteiger partial charge is 0.226 e. The van der Waals surface area contributed by atoms with Gasteiger partial charge in [0, 0.05) is 39.1 Å². The zero-order chi connectivity index (χ0) is 24.9. The van der Waals surface area contributed by atoms with Crippen LogP contribution in [-0.4, -0.2) is 90.6 Å². The second kappa shape index (κ2) is 9.93. The Bertz CT molecular complexity index is 922. The number of carbonyl (C=O) groups excluding carboxylic acids is 2. The number of hydrogen-bond donors (Lipinski definition) is 0. The summed E-state index contributed by atoms with van der Waals surface area (Å²) in [5.41, 5.74) is 0. The van der Waals surface area contributed by atoms with Crippen LogP contribution in [0.2, 0.25) is 0 Å². The van der Waals surface area contributed by atoms with E-state index in [1.54, 1.807) is 18.3 Å². The summed E-state index contributed by atoms with van der Waals surface area (Å²) >= 11 is 0. The van der Waals surface area contributed by atoms with Gasteiger partial charge in [-0.25, -0.2) is 8.42 Å². The number of hydrogen-bond acceptors (Lipinski definition) is 5. The van der Waals surface area contributed by atoms with Gasteiger partial charge in [-0.3, -0.25) is 9.59 Å². The summed E-state index contributed by atoms with van der Waals surface area (Å²) in [5.74, 6) is 1.69. The van der Waals surface area contributed by atoms with Crippen molar-refractivity contribution >= 4 is 21.8 Å². The van der Waals surface area contributed by atoms with E-state index in [0.29, 0.717) is 37.3 Å². The monoisotopic (exact) mass is 509 g/mol. The van der Waals surface area contributed by atoms with Gasteiger partial charge in [0.05, 0.1) is 30.0 Å². The molecule has 9 heteroatoms. The summed E-state index contributed by atoms with van der Waals surface area (Å²) < 4.78 is 33.0. The highest BCUT2D eigenvalue weighted by Gasteiger charge is 2.50. The first-order valence-electron chi connectivity index (χ1n) is 13.8. The third kappa shape index (κ3) is 4.65. The van der Waals surface area contributed by atoms with E-state index in [0.717, 1.165) is 57.8 Å². The van der Waals surface area contributed by atoms with E-state index < -0.39 is 10.0 Å². The van der Waals surface area contributed by atoms with Crippen molar-refractivity contribution in [2.24, 2.45) is 17.8 Å². The number of rotatable bonds is 4. The molecule has 0 N–H and O–H groups in total. The Hall–Kier alpha value is -1.19. The first-order valence-corrected chi connectivity index (χ1v) is 15.4. The SMILES string of the molecule is COC1CCC(C2CCC3C(C2)N(C(=O)C2CCC2)C[C@H](C)N3C(C)=O)CC1N1CCCS1(=O)=O. The quantitative estimate of drug-likeness (QED) is 0.582. The Morgan fingerprint density at radius 2 is 1.57 bits per heavy atom. The number of amides is 2. The van der Waals surface area contributed by atoms with Crippen molar-refractivity contribution in [3.8, 4) is 0 Å². The van der Waals surface area contributed by atoms with Crippen molar-refractivity contribution in [3.63, 3.8) is 0 Å². The van der Waals surface area contributed by atoms with Crippen LogP contribution in [0.5, 0.6) is 0 Å². The lowest BCUT2D eigenvalue weighted by molar-refractivity contribution is -0.159. The second-order valence-corrected chi connectivity index (χ2v) is 13.8. The number of nitrogens with zero attached hydrogens (tertiary/aromatic N) is 3. The van der Waals surface area contributed by atoms with Crippen molar-refractivity contribution in [2.45, 2.75) is 108 Å². The highest BCUT2D eigenvalue weighted by Crippen LogP contribution is 2.45. The first kappa shape index (κ1) is 25.5. The van der Waals surface area contributed by atoms with Crippen LogP contribution < -0.4 is 0 Å². The van der Waals surface area contributed by atoms with Gasteiger partial charge in [0.15, 0.2) is 0 Å². The Balaban J connectivity index is 1.35. The maximum Gasteiger partial charge on any atom is 0.226 e. The summed E-state index contributed by atoms with van der Waals surface area (Å²) in [6.45, 7) is 4.98. The van der Waals surface area contributed by atoms with Crippen molar-refractivity contribution in [2.75, 3.05) is 26.0 Å². The Labute approximate surface area is 210 Å². The molecule has 5 rings (SSSR count). The molecule has 2 saturated heterocycles. The minimum Gasteiger partial charge on any atom is -0.380 e. The highest BCUT2D eigenvalue weighted by molar-refractivity contribution is 7.89. The topological polar surface area (TPSA) is 87.2 Å². The van der Waals surface area contributed by atoms with E-state index in [4.69, 9.17) is 4.74 Å². The van der Waals surface area contributed by atoms with Gasteiger partial charge in [-0.2, -0.15) is 4.31 Å². The fraction of sp³-hybridized carbons (Fsp3) is 0.923. The summed E-state index contributed by atoms with van der Waals surface area (Å²) in [6.07, 6.45) is 9.40. The molecule has 2 amide bonds. The Morgan fingerprint density at radius 1 is 0.886 bits per heavy atom. The first-order chi connectivity index (χ1) is 16.7. The number of ether oxygens (including phenoxy) is 1. The van der Waals surface area contributed by atoms with E-state index >= 15 is 0 Å². The number of piperazine rings is 1. The molecule has 5 fully saturated rings. The Kier molecular flexibility index (Phi) is 7.23. The molecule has 35 heavy (non-hydrogen) atoms. The summed E-state index contributed by atoms with van der Waals surface area (Å²) in [4.78, 5) is 30.2. The van der Waals surface area contributed by atoms with Crippen molar-refractivity contribution in [1.29, 1.82) is 0 Å². The van der Waals surface area contributed by atoms with Crippen molar-refractivity contribution < 1.29 is 22.7 Å². The van der Waals surface area contributed by atoms with Crippen molar-refractivity contribution in [1.82, 2.24) is 14.1 Å². The second-order valence-electron chi connectivity index (χ2n) is 11.8. The Morgan fingerprint density at radius 3 is 2.14 bits per heavy atom. The molecular formula is C26H43N3O5S. The maximum atomic E-state index is 13.5. The molecule has 5 aliphatic rings. The summed E-state index contributed by atoms with van der Waals surface area (Å²) in [5, 5.41) is 0. The molecule has 2 heterocycles. The molecule has 0 aromatic rings. The van der Waals surface area contributed by atoms with Gasteiger partial charge in [-0.1, -0.05) is 6.42 Å². The van der Waals surface area contributed by atoms with Gasteiger partial charge in [0.25, 0.3) is 0 Å². The van der Waals surface area contributed by atoms with Crippen LogP contribution in [0.4, 0.5) is 0 Å². The van der Waals surface area contributed by atoms with Crippen LogP contribution >= 0.6 is 0 Å². The van der Waals surface area contributed by atoms with E-state index in [9.17, 15) is 18.0 Å². The number of carbonyl (C=O) groups is 2. The van der Waals surface area contributed by atoms with E-state index in [2.05, 4.69) is 11.8 Å². The standard InChI is InChI=1S/C26H43N3O5S/c1-17-16-27(26(31)19-6-4-7-19)23-14-20(8-10-22(23)29(17)18(2)30)21-9-11-25(34-3)24(15-21)28-12-5-13-35(28,32)33/h17,19-25H,4-16H2,1-3H3/t17-,20?,21?,22?,23?,24?,25?/m0/s1.